The van der Waals surface area contributed by atoms with E-state index in [9.17, 15) is 4.79 Å². The van der Waals surface area contributed by atoms with Gasteiger partial charge in [0.2, 0.25) is 0 Å². The van der Waals surface area contributed by atoms with Crippen LogP contribution in [0.3, 0.4) is 0 Å². The summed E-state index contributed by atoms with van der Waals surface area (Å²) in [7, 11) is 0. The number of nitrogens with zero attached hydrogens (tertiary/aromatic N) is 2. The Morgan fingerprint density at radius 2 is 2.13 bits per heavy atom. The molecule has 0 saturated carbocycles. The van der Waals surface area contributed by atoms with Crippen LogP contribution in [0.4, 0.5) is 5.69 Å². The first-order valence-corrected chi connectivity index (χ1v) is 7.94. The Balaban J connectivity index is 1.57. The lowest BCUT2D eigenvalue weighted by molar-refractivity contribution is 0.0926. The van der Waals surface area contributed by atoms with Gasteiger partial charge in [0.25, 0.3) is 5.91 Å². The maximum Gasteiger partial charge on any atom is 0.267 e. The third-order valence-electron chi connectivity index (χ3n) is 4.11. The number of nitrogens with one attached hydrogen (secondary N) is 2. The largest absolute Gasteiger partial charge is 0.371 e. The van der Waals surface area contributed by atoms with Crippen molar-refractivity contribution < 1.29 is 4.79 Å². The van der Waals surface area contributed by atoms with Crippen molar-refractivity contribution in [3.8, 4) is 6.07 Å². The van der Waals surface area contributed by atoms with Crippen LogP contribution < -0.4 is 10.2 Å². The first-order valence-electron chi connectivity index (χ1n) is 7.56. The van der Waals surface area contributed by atoms with E-state index in [1.807, 2.05) is 18.2 Å². The molecule has 1 saturated heterocycles. The van der Waals surface area contributed by atoms with Crippen LogP contribution in [-0.2, 0) is 0 Å². The Kier molecular flexibility index (Phi) is 4.54. The summed E-state index contributed by atoms with van der Waals surface area (Å²) in [5.41, 5.74) is 2.10. The molecule has 0 radical (unpaired) electrons. The number of hydrogen-bond donors (Lipinski definition) is 2. The number of aromatic amines is 1. The van der Waals surface area contributed by atoms with Crippen molar-refractivity contribution in [3.05, 3.63) is 52.8 Å². The molecule has 1 aromatic heterocycles. The van der Waals surface area contributed by atoms with Crippen LogP contribution in [0.5, 0.6) is 0 Å². The second-order valence-corrected chi connectivity index (χ2v) is 6.00. The van der Waals surface area contributed by atoms with Gasteiger partial charge in [0.15, 0.2) is 0 Å². The minimum atomic E-state index is -0.0603. The van der Waals surface area contributed by atoms with Crippen molar-refractivity contribution in [3.63, 3.8) is 0 Å². The molecule has 1 amide bonds. The molecule has 0 bridgehead atoms. The number of benzene rings is 1. The molecule has 2 heterocycles. The minimum absolute atomic E-state index is 0.0603. The molecule has 0 atom stereocenters. The van der Waals surface area contributed by atoms with Crippen LogP contribution >= 0.6 is 11.6 Å². The zero-order chi connectivity index (χ0) is 16.2. The molecule has 3 rings (SSSR count). The van der Waals surface area contributed by atoms with E-state index in [1.165, 1.54) is 0 Å². The zero-order valence-corrected chi connectivity index (χ0v) is 13.3. The number of hydrogen-bond acceptors (Lipinski definition) is 3. The lowest BCUT2D eigenvalue weighted by atomic mass is 10.0. The fraction of sp³-hybridized carbons (Fsp3) is 0.294. The minimum Gasteiger partial charge on any atom is -0.371 e. The highest BCUT2D eigenvalue weighted by Crippen LogP contribution is 2.25. The summed E-state index contributed by atoms with van der Waals surface area (Å²) >= 11 is 6.09. The van der Waals surface area contributed by atoms with E-state index < -0.39 is 0 Å². The molecule has 1 fully saturated rings. The lowest BCUT2D eigenvalue weighted by Gasteiger charge is -2.34. The molecule has 6 heteroatoms. The van der Waals surface area contributed by atoms with E-state index in [2.05, 4.69) is 21.3 Å². The monoisotopic (exact) mass is 328 g/mol. The molecule has 0 unspecified atom stereocenters. The number of H-pyrrole nitrogens is 1. The number of rotatable bonds is 3. The fourth-order valence-corrected chi connectivity index (χ4v) is 3.03. The molecule has 5 nitrogen and oxygen atoms in total. The van der Waals surface area contributed by atoms with Crippen LogP contribution in [0.2, 0.25) is 5.02 Å². The predicted octanol–water partition coefficient (Wildman–Crippen LogP) is 2.94. The second kappa shape index (κ2) is 6.76. The van der Waals surface area contributed by atoms with Crippen molar-refractivity contribution >= 4 is 23.2 Å². The van der Waals surface area contributed by atoms with Gasteiger partial charge in [-0.05, 0) is 43.2 Å². The Morgan fingerprint density at radius 1 is 1.35 bits per heavy atom. The molecule has 118 valence electrons. The van der Waals surface area contributed by atoms with Gasteiger partial charge in [0, 0.05) is 31.0 Å². The predicted molar refractivity (Wildman–Crippen MR) is 89.7 cm³/mol. The summed E-state index contributed by atoms with van der Waals surface area (Å²) in [6.45, 7) is 1.69. The van der Waals surface area contributed by atoms with E-state index in [0.29, 0.717) is 16.3 Å². The molecule has 1 aliphatic heterocycles. The van der Waals surface area contributed by atoms with Gasteiger partial charge >= 0.3 is 0 Å². The summed E-state index contributed by atoms with van der Waals surface area (Å²) in [6, 6.07) is 11.3. The summed E-state index contributed by atoms with van der Waals surface area (Å²) < 4.78 is 0. The highest BCUT2D eigenvalue weighted by molar-refractivity contribution is 6.32. The Morgan fingerprint density at radius 3 is 2.74 bits per heavy atom. The van der Waals surface area contributed by atoms with Gasteiger partial charge in [-0.1, -0.05) is 11.6 Å². The summed E-state index contributed by atoms with van der Waals surface area (Å²) in [4.78, 5) is 17.2. The maximum absolute atomic E-state index is 12.0. The molecule has 0 aliphatic carbocycles. The number of carbonyl (C=O) groups excluding carboxylic acids is 1. The number of carbonyl (C=O) groups is 1. The molecule has 1 aromatic carbocycles. The fourth-order valence-electron chi connectivity index (χ4n) is 2.81. The topological polar surface area (TPSA) is 71.9 Å². The number of aromatic nitrogens is 1. The first kappa shape index (κ1) is 15.4. The van der Waals surface area contributed by atoms with Crippen LogP contribution in [0.1, 0.15) is 28.9 Å². The number of anilines is 1. The van der Waals surface area contributed by atoms with Crippen molar-refractivity contribution in [2.24, 2.45) is 0 Å². The summed E-state index contributed by atoms with van der Waals surface area (Å²) in [6.07, 6.45) is 3.50. The van der Waals surface area contributed by atoms with E-state index >= 15 is 0 Å². The average molecular weight is 329 g/mol. The summed E-state index contributed by atoms with van der Waals surface area (Å²) in [5, 5.41) is 12.5. The third kappa shape index (κ3) is 3.49. The molecule has 0 spiro atoms. The normalized spacial score (nSPS) is 15.2. The molecular formula is C17H17ClN4O. The van der Waals surface area contributed by atoms with Gasteiger partial charge in [-0.3, -0.25) is 4.79 Å². The van der Waals surface area contributed by atoms with E-state index in [-0.39, 0.29) is 11.9 Å². The smallest absolute Gasteiger partial charge is 0.267 e. The van der Waals surface area contributed by atoms with Crippen molar-refractivity contribution in [2.45, 2.75) is 18.9 Å². The van der Waals surface area contributed by atoms with Crippen LogP contribution in [-0.4, -0.2) is 30.0 Å². The molecule has 1 aliphatic rings. The molecular weight excluding hydrogens is 312 g/mol. The van der Waals surface area contributed by atoms with Crippen molar-refractivity contribution in [1.29, 1.82) is 5.26 Å². The molecule has 2 aromatic rings. The average Bonchev–Trinajstić information content (AvgIpc) is 3.10. The highest BCUT2D eigenvalue weighted by Gasteiger charge is 2.22. The Labute approximate surface area is 139 Å². The van der Waals surface area contributed by atoms with E-state index in [1.54, 1.807) is 18.3 Å². The Bertz CT molecular complexity index is 728. The van der Waals surface area contributed by atoms with Crippen molar-refractivity contribution in [1.82, 2.24) is 10.3 Å². The SMILES string of the molecule is N#Cc1ccc(N2CCC(NC(=O)c3ccc[nH]3)CC2)cc1Cl. The van der Waals surface area contributed by atoms with E-state index in [4.69, 9.17) is 16.9 Å². The number of piperidine rings is 1. The van der Waals surface area contributed by atoms with Gasteiger partial charge in [-0.25, -0.2) is 0 Å². The van der Waals surface area contributed by atoms with Crippen molar-refractivity contribution in [2.75, 3.05) is 18.0 Å². The van der Waals surface area contributed by atoms with Crippen LogP contribution in [0, 0.1) is 11.3 Å². The van der Waals surface area contributed by atoms with Gasteiger partial charge in [-0.15, -0.1) is 0 Å². The number of halogens is 1. The van der Waals surface area contributed by atoms with Gasteiger partial charge in [0.1, 0.15) is 11.8 Å². The zero-order valence-electron chi connectivity index (χ0n) is 12.6. The van der Waals surface area contributed by atoms with Crippen LogP contribution in [0.15, 0.2) is 36.5 Å². The van der Waals surface area contributed by atoms with Gasteiger partial charge in [0.05, 0.1) is 10.6 Å². The molecule has 23 heavy (non-hydrogen) atoms. The van der Waals surface area contributed by atoms with E-state index in [0.717, 1.165) is 31.6 Å². The first-order chi connectivity index (χ1) is 11.2. The quantitative estimate of drug-likeness (QED) is 0.910. The Hall–Kier alpha value is -2.45. The third-order valence-corrected chi connectivity index (χ3v) is 4.42. The standard InChI is InChI=1S/C17H17ClN4O/c18-15-10-14(4-3-12(15)11-19)22-8-5-13(6-9-22)21-17(23)16-2-1-7-20-16/h1-4,7,10,13,20H,5-6,8-9H2,(H,21,23). The maximum atomic E-state index is 12.0. The second-order valence-electron chi connectivity index (χ2n) is 5.59. The van der Waals surface area contributed by atoms with Gasteiger partial charge in [-0.2, -0.15) is 5.26 Å². The van der Waals surface area contributed by atoms with Crippen LogP contribution in [0.25, 0.3) is 0 Å². The lowest BCUT2D eigenvalue weighted by Crippen LogP contribution is -2.44. The number of nitriles is 1. The highest BCUT2D eigenvalue weighted by atomic mass is 35.5. The van der Waals surface area contributed by atoms with Gasteiger partial charge < -0.3 is 15.2 Å². The summed E-state index contributed by atoms with van der Waals surface area (Å²) in [5.74, 6) is -0.0603. The number of amides is 1. The molecule has 2 N–H and O–H groups in total.